The molecule has 0 unspecified atom stereocenters. The Kier molecular flexibility index (Phi) is 5.31. The molecule has 6 heteroatoms. The molecule has 1 aliphatic rings. The molecule has 3 amide bonds. The van der Waals surface area contributed by atoms with Gasteiger partial charge in [-0.25, -0.2) is 9.69 Å². The van der Waals surface area contributed by atoms with Crippen molar-refractivity contribution < 1.29 is 14.3 Å². The topological polar surface area (TPSA) is 58.6 Å². The molecule has 4 rings (SSSR count). The molecule has 0 aliphatic carbocycles. The van der Waals surface area contributed by atoms with Gasteiger partial charge in [-0.05, 0) is 42.0 Å². The Balaban J connectivity index is 1.57. The number of benzene rings is 3. The largest absolute Gasteiger partial charge is 0.488 e. The quantitative estimate of drug-likeness (QED) is 0.480. The Bertz CT molecular complexity index is 1080. The highest BCUT2D eigenvalue weighted by Gasteiger charge is 2.34. The third kappa shape index (κ3) is 4.15. The van der Waals surface area contributed by atoms with Crippen LogP contribution in [0.2, 0.25) is 5.02 Å². The molecule has 0 atom stereocenters. The SMILES string of the molecule is O=C1N/C(=C/c2ccccc2OCc2ccccc2)C(=O)N1c1ccc(Cl)cc1. The molecule has 0 saturated carbocycles. The zero-order chi connectivity index (χ0) is 20.2. The summed E-state index contributed by atoms with van der Waals surface area (Å²) in [4.78, 5) is 26.2. The maximum atomic E-state index is 12.8. The average molecular weight is 405 g/mol. The number of carbonyl (C=O) groups is 2. The number of rotatable bonds is 5. The van der Waals surface area contributed by atoms with Gasteiger partial charge < -0.3 is 10.1 Å². The smallest absolute Gasteiger partial charge is 0.333 e. The first-order chi connectivity index (χ1) is 14.1. The van der Waals surface area contributed by atoms with Gasteiger partial charge in [0.2, 0.25) is 0 Å². The first kappa shape index (κ1) is 18.8. The van der Waals surface area contributed by atoms with Crippen molar-refractivity contribution in [2.75, 3.05) is 4.90 Å². The highest BCUT2D eigenvalue weighted by molar-refractivity contribution is 6.31. The molecule has 0 radical (unpaired) electrons. The van der Waals surface area contributed by atoms with Crippen LogP contribution >= 0.6 is 11.6 Å². The molecule has 1 fully saturated rings. The van der Waals surface area contributed by atoms with E-state index in [1.807, 2.05) is 54.6 Å². The van der Waals surface area contributed by atoms with Crippen LogP contribution in [0.4, 0.5) is 10.5 Å². The van der Waals surface area contributed by atoms with Crippen molar-refractivity contribution in [1.29, 1.82) is 0 Å². The van der Waals surface area contributed by atoms with Crippen LogP contribution in [0, 0.1) is 0 Å². The maximum absolute atomic E-state index is 12.8. The molecular formula is C23H17ClN2O3. The zero-order valence-electron chi connectivity index (χ0n) is 15.3. The average Bonchev–Trinajstić information content (AvgIpc) is 3.02. The minimum Gasteiger partial charge on any atom is -0.488 e. The van der Waals surface area contributed by atoms with E-state index in [1.54, 1.807) is 30.3 Å². The summed E-state index contributed by atoms with van der Waals surface area (Å²) < 4.78 is 5.92. The molecular weight excluding hydrogens is 388 g/mol. The number of urea groups is 1. The lowest BCUT2D eigenvalue weighted by atomic mass is 10.1. The molecule has 1 N–H and O–H groups in total. The number of nitrogens with zero attached hydrogens (tertiary/aromatic N) is 1. The number of carbonyl (C=O) groups excluding carboxylic acids is 2. The van der Waals surface area contributed by atoms with E-state index >= 15 is 0 Å². The van der Waals surface area contributed by atoms with E-state index in [2.05, 4.69) is 5.32 Å². The van der Waals surface area contributed by atoms with E-state index in [9.17, 15) is 9.59 Å². The summed E-state index contributed by atoms with van der Waals surface area (Å²) in [5.41, 5.74) is 2.37. The first-order valence-corrected chi connectivity index (χ1v) is 9.38. The molecule has 29 heavy (non-hydrogen) atoms. The molecule has 3 aromatic carbocycles. The number of para-hydroxylation sites is 1. The van der Waals surface area contributed by atoms with Crippen molar-refractivity contribution >= 4 is 35.3 Å². The van der Waals surface area contributed by atoms with Gasteiger partial charge in [0.15, 0.2) is 0 Å². The normalized spacial score (nSPS) is 14.9. The Labute approximate surface area is 173 Å². The summed E-state index contributed by atoms with van der Waals surface area (Å²) in [5, 5.41) is 3.16. The van der Waals surface area contributed by atoms with Crippen LogP contribution in [0.1, 0.15) is 11.1 Å². The lowest BCUT2D eigenvalue weighted by Gasteiger charge is -2.11. The number of hydrogen-bond donors (Lipinski definition) is 1. The predicted octanol–water partition coefficient (Wildman–Crippen LogP) is 5.02. The van der Waals surface area contributed by atoms with E-state index in [0.717, 1.165) is 10.5 Å². The number of amides is 3. The van der Waals surface area contributed by atoms with E-state index in [4.69, 9.17) is 16.3 Å². The molecule has 1 heterocycles. The van der Waals surface area contributed by atoms with Crippen molar-refractivity contribution in [1.82, 2.24) is 5.32 Å². The molecule has 144 valence electrons. The van der Waals surface area contributed by atoms with Crippen LogP contribution in [0.5, 0.6) is 5.75 Å². The maximum Gasteiger partial charge on any atom is 0.333 e. The van der Waals surface area contributed by atoms with Gasteiger partial charge in [-0.15, -0.1) is 0 Å². The van der Waals surface area contributed by atoms with Crippen LogP contribution < -0.4 is 15.0 Å². The van der Waals surface area contributed by atoms with Crippen LogP contribution in [-0.4, -0.2) is 11.9 Å². The minimum atomic E-state index is -0.508. The van der Waals surface area contributed by atoms with Crippen molar-refractivity contribution in [2.45, 2.75) is 6.61 Å². The fourth-order valence-corrected chi connectivity index (χ4v) is 3.11. The monoisotopic (exact) mass is 404 g/mol. The lowest BCUT2D eigenvalue weighted by molar-refractivity contribution is -0.113. The summed E-state index contributed by atoms with van der Waals surface area (Å²) in [6, 6.07) is 23.2. The Morgan fingerprint density at radius 2 is 1.59 bits per heavy atom. The first-order valence-electron chi connectivity index (χ1n) is 9.00. The molecule has 0 bridgehead atoms. The predicted molar refractivity (Wildman–Crippen MR) is 113 cm³/mol. The van der Waals surface area contributed by atoms with Gasteiger partial charge in [-0.3, -0.25) is 4.79 Å². The molecule has 3 aromatic rings. The summed E-state index contributed by atoms with van der Waals surface area (Å²) in [6.07, 6.45) is 1.62. The Morgan fingerprint density at radius 1 is 0.897 bits per heavy atom. The second kappa shape index (κ2) is 8.20. The zero-order valence-corrected chi connectivity index (χ0v) is 16.1. The van der Waals surface area contributed by atoms with Crippen LogP contribution in [0.25, 0.3) is 6.08 Å². The molecule has 0 spiro atoms. The van der Waals surface area contributed by atoms with E-state index in [0.29, 0.717) is 28.6 Å². The van der Waals surface area contributed by atoms with Gasteiger partial charge in [-0.1, -0.05) is 60.1 Å². The minimum absolute atomic E-state index is 0.181. The van der Waals surface area contributed by atoms with Crippen LogP contribution in [-0.2, 0) is 11.4 Å². The lowest BCUT2D eigenvalue weighted by Crippen LogP contribution is -2.30. The number of ether oxygens (including phenoxy) is 1. The molecule has 5 nitrogen and oxygen atoms in total. The van der Waals surface area contributed by atoms with E-state index in [1.165, 1.54) is 0 Å². The van der Waals surface area contributed by atoms with E-state index < -0.39 is 11.9 Å². The van der Waals surface area contributed by atoms with Gasteiger partial charge >= 0.3 is 6.03 Å². The van der Waals surface area contributed by atoms with Gasteiger partial charge in [0, 0.05) is 10.6 Å². The summed E-state index contributed by atoms with van der Waals surface area (Å²) >= 11 is 5.89. The third-order valence-corrected chi connectivity index (χ3v) is 4.67. The summed E-state index contributed by atoms with van der Waals surface area (Å²) in [7, 11) is 0. The van der Waals surface area contributed by atoms with Gasteiger partial charge in [0.1, 0.15) is 18.1 Å². The van der Waals surface area contributed by atoms with Crippen LogP contribution in [0.15, 0.2) is 84.6 Å². The van der Waals surface area contributed by atoms with Crippen LogP contribution in [0.3, 0.4) is 0 Å². The number of hydrogen-bond acceptors (Lipinski definition) is 3. The fraction of sp³-hybridized carbons (Fsp3) is 0.0435. The van der Waals surface area contributed by atoms with Crippen molar-refractivity contribution in [3.8, 4) is 5.75 Å². The highest BCUT2D eigenvalue weighted by Crippen LogP contribution is 2.26. The number of halogens is 1. The third-order valence-electron chi connectivity index (χ3n) is 4.42. The molecule has 0 aromatic heterocycles. The second-order valence-electron chi connectivity index (χ2n) is 6.42. The van der Waals surface area contributed by atoms with Gasteiger partial charge in [0.25, 0.3) is 5.91 Å². The Hall–Kier alpha value is -3.57. The van der Waals surface area contributed by atoms with E-state index in [-0.39, 0.29) is 5.70 Å². The van der Waals surface area contributed by atoms with Gasteiger partial charge in [-0.2, -0.15) is 0 Å². The van der Waals surface area contributed by atoms with Crippen molar-refractivity contribution in [3.63, 3.8) is 0 Å². The fourth-order valence-electron chi connectivity index (χ4n) is 2.98. The summed E-state index contributed by atoms with van der Waals surface area (Å²) in [5.74, 6) is 0.186. The number of nitrogens with one attached hydrogen (secondary N) is 1. The standard InChI is InChI=1S/C23H17ClN2O3/c24-18-10-12-19(13-11-18)26-22(27)20(25-23(26)28)14-17-8-4-5-9-21(17)29-15-16-6-2-1-3-7-16/h1-14H,15H2,(H,25,28)/b20-14+. The summed E-state index contributed by atoms with van der Waals surface area (Å²) in [6.45, 7) is 0.401. The van der Waals surface area contributed by atoms with Crippen molar-refractivity contribution in [2.24, 2.45) is 0 Å². The Morgan fingerprint density at radius 3 is 2.34 bits per heavy atom. The second-order valence-corrected chi connectivity index (χ2v) is 6.85. The number of imide groups is 1. The highest BCUT2D eigenvalue weighted by atomic mass is 35.5. The molecule has 1 aliphatic heterocycles. The number of anilines is 1. The molecule has 1 saturated heterocycles. The van der Waals surface area contributed by atoms with Crippen molar-refractivity contribution in [3.05, 3.63) is 101 Å². The van der Waals surface area contributed by atoms with Gasteiger partial charge in [0.05, 0.1) is 5.69 Å².